The van der Waals surface area contributed by atoms with Gasteiger partial charge in [-0.05, 0) is 37.1 Å². The minimum Gasteiger partial charge on any atom is -0.489 e. The smallest absolute Gasteiger partial charge is 0.191 e. The topological polar surface area (TPSA) is 61.4 Å². The Labute approximate surface area is 177 Å². The van der Waals surface area contributed by atoms with Gasteiger partial charge in [0.1, 0.15) is 11.9 Å². The second-order valence-corrected chi connectivity index (χ2v) is 6.23. The molecule has 3 aromatic rings. The van der Waals surface area contributed by atoms with E-state index in [2.05, 4.69) is 45.0 Å². The van der Waals surface area contributed by atoms with Crippen LogP contribution in [-0.2, 0) is 6.42 Å². The third-order valence-electron chi connectivity index (χ3n) is 4.22. The summed E-state index contributed by atoms with van der Waals surface area (Å²) in [6.07, 6.45) is 3.06. The lowest BCUT2D eigenvalue weighted by Crippen LogP contribution is -2.42. The molecule has 1 unspecified atom stereocenters. The van der Waals surface area contributed by atoms with Crippen LogP contribution in [0.2, 0.25) is 0 Å². The predicted octanol–water partition coefficient (Wildman–Crippen LogP) is 3.96. The maximum absolute atomic E-state index is 5.87. The Morgan fingerprint density at radius 2 is 1.81 bits per heavy atom. The van der Waals surface area contributed by atoms with E-state index >= 15 is 0 Å². The molecule has 1 heterocycles. The Bertz CT molecular complexity index is 848. The summed E-state index contributed by atoms with van der Waals surface area (Å²) >= 11 is 0. The zero-order valence-corrected chi connectivity index (χ0v) is 18.1. The number of rotatable bonds is 7. The fraction of sp³-hybridized carbons (Fsp3) is 0.286. The number of halogens is 1. The van der Waals surface area contributed by atoms with Crippen molar-refractivity contribution in [3.05, 3.63) is 66.4 Å². The number of benzene rings is 2. The molecular weight excluding hydrogens is 451 g/mol. The van der Waals surface area contributed by atoms with Gasteiger partial charge in [-0.2, -0.15) is 0 Å². The molecule has 0 fully saturated rings. The molecule has 0 aliphatic carbocycles. The molecule has 0 aliphatic rings. The Morgan fingerprint density at radius 1 is 1.07 bits per heavy atom. The van der Waals surface area contributed by atoms with Crippen LogP contribution in [-0.4, -0.2) is 37.2 Å². The van der Waals surface area contributed by atoms with Crippen LogP contribution in [0.5, 0.6) is 5.75 Å². The number of aromatic amines is 1. The summed E-state index contributed by atoms with van der Waals surface area (Å²) < 4.78 is 5.87. The van der Waals surface area contributed by atoms with E-state index in [1.54, 1.807) is 7.05 Å². The predicted molar refractivity (Wildman–Crippen MR) is 123 cm³/mol. The van der Waals surface area contributed by atoms with Crippen LogP contribution in [0.1, 0.15) is 12.5 Å². The summed E-state index contributed by atoms with van der Waals surface area (Å²) in [6, 6.07) is 18.2. The van der Waals surface area contributed by atoms with Crippen LogP contribution in [0.3, 0.4) is 0 Å². The molecule has 1 aromatic heterocycles. The van der Waals surface area contributed by atoms with E-state index in [1.165, 1.54) is 16.5 Å². The molecule has 0 saturated heterocycles. The Hall–Kier alpha value is -2.22. The average Bonchev–Trinajstić information content (AvgIpc) is 3.08. The van der Waals surface area contributed by atoms with Gasteiger partial charge < -0.3 is 20.4 Å². The van der Waals surface area contributed by atoms with E-state index in [0.29, 0.717) is 6.54 Å². The molecule has 5 nitrogen and oxygen atoms in total. The van der Waals surface area contributed by atoms with Crippen molar-refractivity contribution in [2.45, 2.75) is 19.4 Å². The molecule has 6 heteroatoms. The van der Waals surface area contributed by atoms with Crippen molar-refractivity contribution in [3.63, 3.8) is 0 Å². The molecule has 0 bridgehead atoms. The van der Waals surface area contributed by atoms with E-state index in [9.17, 15) is 0 Å². The van der Waals surface area contributed by atoms with Gasteiger partial charge in [0.15, 0.2) is 5.96 Å². The van der Waals surface area contributed by atoms with Gasteiger partial charge in [0.2, 0.25) is 0 Å². The normalized spacial score (nSPS) is 12.3. The molecule has 1 atom stereocenters. The van der Waals surface area contributed by atoms with Gasteiger partial charge in [-0.25, -0.2) is 0 Å². The van der Waals surface area contributed by atoms with Crippen LogP contribution >= 0.6 is 24.0 Å². The molecular formula is C21H27IN4O. The highest BCUT2D eigenvalue weighted by Gasteiger charge is 2.06. The second kappa shape index (κ2) is 10.8. The summed E-state index contributed by atoms with van der Waals surface area (Å²) in [5.41, 5.74) is 2.49. The van der Waals surface area contributed by atoms with Gasteiger partial charge in [0.05, 0.1) is 6.54 Å². The summed E-state index contributed by atoms with van der Waals surface area (Å²) in [6.45, 7) is 3.54. The van der Waals surface area contributed by atoms with Crippen LogP contribution < -0.4 is 15.4 Å². The quantitative estimate of drug-likeness (QED) is 0.274. The summed E-state index contributed by atoms with van der Waals surface area (Å²) in [4.78, 5) is 7.59. The van der Waals surface area contributed by atoms with Gasteiger partial charge in [-0.1, -0.05) is 36.4 Å². The maximum Gasteiger partial charge on any atom is 0.191 e. The third-order valence-corrected chi connectivity index (χ3v) is 4.22. The first-order valence-corrected chi connectivity index (χ1v) is 8.97. The number of aliphatic imine (C=N–C) groups is 1. The molecule has 0 aliphatic heterocycles. The first-order chi connectivity index (χ1) is 12.8. The van der Waals surface area contributed by atoms with Crippen LogP contribution in [0, 0.1) is 0 Å². The van der Waals surface area contributed by atoms with E-state index in [1.807, 2.05) is 43.3 Å². The number of hydrogen-bond acceptors (Lipinski definition) is 2. The van der Waals surface area contributed by atoms with Crippen LogP contribution in [0.15, 0.2) is 65.8 Å². The Kier molecular flexibility index (Phi) is 8.44. The molecule has 144 valence electrons. The molecule has 2 aromatic carbocycles. The van der Waals surface area contributed by atoms with Crippen molar-refractivity contribution in [1.29, 1.82) is 0 Å². The van der Waals surface area contributed by atoms with Gasteiger partial charge in [0.25, 0.3) is 0 Å². The van der Waals surface area contributed by atoms with Crippen molar-refractivity contribution < 1.29 is 4.74 Å². The molecule has 0 saturated carbocycles. The Balaban J connectivity index is 0.00000261. The number of fused-ring (bicyclic) bond motifs is 1. The highest BCUT2D eigenvalue weighted by atomic mass is 127. The zero-order chi connectivity index (χ0) is 18.2. The third kappa shape index (κ3) is 6.16. The van der Waals surface area contributed by atoms with Gasteiger partial charge >= 0.3 is 0 Å². The first kappa shape index (κ1) is 21.1. The van der Waals surface area contributed by atoms with Gasteiger partial charge in [-0.15, -0.1) is 24.0 Å². The van der Waals surface area contributed by atoms with Crippen molar-refractivity contribution in [2.24, 2.45) is 4.99 Å². The van der Waals surface area contributed by atoms with Crippen molar-refractivity contribution in [1.82, 2.24) is 15.6 Å². The van der Waals surface area contributed by atoms with Crippen molar-refractivity contribution in [2.75, 3.05) is 20.1 Å². The van der Waals surface area contributed by atoms with E-state index in [4.69, 9.17) is 4.74 Å². The summed E-state index contributed by atoms with van der Waals surface area (Å²) in [5.74, 6) is 1.66. The fourth-order valence-corrected chi connectivity index (χ4v) is 2.89. The van der Waals surface area contributed by atoms with Gasteiger partial charge in [-0.3, -0.25) is 4.99 Å². The lowest BCUT2D eigenvalue weighted by Gasteiger charge is -2.17. The Morgan fingerprint density at radius 3 is 2.59 bits per heavy atom. The molecule has 3 N–H and O–H groups in total. The largest absolute Gasteiger partial charge is 0.489 e. The van der Waals surface area contributed by atoms with Crippen molar-refractivity contribution in [3.8, 4) is 5.75 Å². The standard InChI is InChI=1S/C21H26N4O.HI/c1-16(26-18-8-4-3-5-9-18)14-25-21(22-2)23-13-12-17-15-24-20-11-7-6-10-19(17)20;/h3-11,15-16,24H,12-14H2,1-2H3,(H2,22,23,25);1H. The molecule has 0 amide bonds. The number of guanidine groups is 1. The lowest BCUT2D eigenvalue weighted by atomic mass is 10.1. The number of aromatic nitrogens is 1. The lowest BCUT2D eigenvalue weighted by molar-refractivity contribution is 0.224. The molecule has 0 radical (unpaired) electrons. The monoisotopic (exact) mass is 478 g/mol. The molecule has 0 spiro atoms. The highest BCUT2D eigenvalue weighted by molar-refractivity contribution is 14.0. The fourth-order valence-electron chi connectivity index (χ4n) is 2.89. The number of nitrogens with zero attached hydrogens (tertiary/aromatic N) is 1. The average molecular weight is 478 g/mol. The van der Waals surface area contributed by atoms with Crippen LogP contribution in [0.4, 0.5) is 0 Å². The van der Waals surface area contributed by atoms with E-state index in [-0.39, 0.29) is 30.1 Å². The molecule has 27 heavy (non-hydrogen) atoms. The number of hydrogen-bond donors (Lipinski definition) is 3. The van der Waals surface area contributed by atoms with E-state index in [0.717, 1.165) is 24.7 Å². The first-order valence-electron chi connectivity index (χ1n) is 8.97. The highest BCUT2D eigenvalue weighted by Crippen LogP contribution is 2.17. The zero-order valence-electron chi connectivity index (χ0n) is 15.7. The summed E-state index contributed by atoms with van der Waals surface area (Å²) in [5, 5.41) is 7.95. The van der Waals surface area contributed by atoms with Crippen LogP contribution in [0.25, 0.3) is 10.9 Å². The molecule has 3 rings (SSSR count). The number of para-hydroxylation sites is 2. The van der Waals surface area contributed by atoms with E-state index < -0.39 is 0 Å². The SMILES string of the molecule is CN=C(NCCc1c[nH]c2ccccc12)NCC(C)Oc1ccccc1.I. The summed E-state index contributed by atoms with van der Waals surface area (Å²) in [7, 11) is 1.78. The number of H-pyrrole nitrogens is 1. The van der Waals surface area contributed by atoms with Crippen molar-refractivity contribution >= 4 is 40.8 Å². The maximum atomic E-state index is 5.87. The number of ether oxygens (including phenoxy) is 1. The van der Waals surface area contributed by atoms with Gasteiger partial charge in [0, 0.05) is 30.7 Å². The second-order valence-electron chi connectivity index (χ2n) is 6.23. The number of nitrogens with one attached hydrogen (secondary N) is 3. The minimum atomic E-state index is 0. The minimum absolute atomic E-state index is 0.